The molecule has 2 amide bonds. The second-order valence-electron chi connectivity index (χ2n) is 8.90. The molecule has 5 N–H and O–H groups in total. The minimum Gasteiger partial charge on any atom is -0.490 e. The number of hydrogen-bond acceptors (Lipinski definition) is 8. The van der Waals surface area contributed by atoms with Crippen molar-refractivity contribution in [1.82, 2.24) is 15.6 Å². The summed E-state index contributed by atoms with van der Waals surface area (Å²) < 4.78 is 11.7. The van der Waals surface area contributed by atoms with Crippen molar-refractivity contribution in [2.45, 2.75) is 46.2 Å². The Balaban J connectivity index is 1.73. The third-order valence-electron chi connectivity index (χ3n) is 6.35. The summed E-state index contributed by atoms with van der Waals surface area (Å²) in [6.45, 7) is 7.32. The van der Waals surface area contributed by atoms with E-state index >= 15 is 0 Å². The maximum absolute atomic E-state index is 12.6. The Bertz CT molecular complexity index is 1310. The Morgan fingerprint density at radius 2 is 1.89 bits per heavy atom. The third-order valence-corrected chi connectivity index (χ3v) is 7.29. The summed E-state index contributed by atoms with van der Waals surface area (Å²) in [5.41, 5.74) is 10.7. The van der Waals surface area contributed by atoms with Gasteiger partial charge in [-0.25, -0.2) is 0 Å². The Kier molecular flexibility index (Phi) is 9.30. The fourth-order valence-corrected chi connectivity index (χ4v) is 5.53. The summed E-state index contributed by atoms with van der Waals surface area (Å²) in [4.78, 5) is 29.1. The van der Waals surface area contributed by atoms with Gasteiger partial charge in [0.15, 0.2) is 11.5 Å². The summed E-state index contributed by atoms with van der Waals surface area (Å²) in [6.07, 6.45) is 2.46. The lowest BCUT2D eigenvalue weighted by atomic mass is 10.0. The fraction of sp³-hybridized carbons (Fsp3) is 0.393. The normalized spacial score (nSPS) is 14.9. The van der Waals surface area contributed by atoms with E-state index in [2.05, 4.69) is 27.9 Å². The van der Waals surface area contributed by atoms with E-state index in [0.717, 1.165) is 45.9 Å². The minimum absolute atomic E-state index is 0.00726. The first-order valence-electron chi connectivity index (χ1n) is 12.9. The van der Waals surface area contributed by atoms with Crippen molar-refractivity contribution in [3.8, 4) is 11.5 Å². The highest BCUT2D eigenvalue weighted by molar-refractivity contribution is 7.99. The van der Waals surface area contributed by atoms with E-state index < -0.39 is 5.91 Å². The zero-order valence-electron chi connectivity index (χ0n) is 22.1. The Labute approximate surface area is 227 Å². The molecule has 0 radical (unpaired) electrons. The molecule has 2 heterocycles. The second kappa shape index (κ2) is 12.8. The van der Waals surface area contributed by atoms with Crippen molar-refractivity contribution in [2.75, 3.05) is 30.2 Å². The van der Waals surface area contributed by atoms with Crippen LogP contribution in [0.4, 0.5) is 11.4 Å². The highest BCUT2D eigenvalue weighted by Crippen LogP contribution is 2.38. The molecule has 1 aliphatic rings. The van der Waals surface area contributed by atoms with Gasteiger partial charge in [-0.3, -0.25) is 19.9 Å². The zero-order chi connectivity index (χ0) is 27.1. The van der Waals surface area contributed by atoms with Crippen LogP contribution in [0.15, 0.2) is 36.5 Å². The number of carbonyl (C=O) groups is 2. The van der Waals surface area contributed by atoms with Crippen LogP contribution in [0.3, 0.4) is 0 Å². The van der Waals surface area contributed by atoms with Crippen molar-refractivity contribution in [2.24, 2.45) is 5.73 Å². The number of pyridine rings is 1. The van der Waals surface area contributed by atoms with Crippen LogP contribution in [0.25, 0.3) is 10.9 Å². The van der Waals surface area contributed by atoms with Crippen LogP contribution in [-0.4, -0.2) is 47.7 Å². The lowest BCUT2D eigenvalue weighted by molar-refractivity contribution is -0.122. The second-order valence-corrected chi connectivity index (χ2v) is 9.93. The van der Waals surface area contributed by atoms with Crippen LogP contribution in [0.2, 0.25) is 0 Å². The van der Waals surface area contributed by atoms with Gasteiger partial charge in [0.1, 0.15) is 0 Å². The van der Waals surface area contributed by atoms with Crippen LogP contribution >= 0.6 is 11.8 Å². The topological polar surface area (TPSA) is 128 Å². The van der Waals surface area contributed by atoms with Gasteiger partial charge in [-0.15, -0.1) is 11.8 Å². The van der Waals surface area contributed by atoms with E-state index in [1.54, 1.807) is 18.0 Å². The molecule has 38 heavy (non-hydrogen) atoms. The molecule has 1 aliphatic heterocycles. The van der Waals surface area contributed by atoms with Crippen LogP contribution in [0.5, 0.6) is 11.5 Å². The molecule has 202 valence electrons. The number of nitrogens with two attached hydrogens (primary N) is 1. The van der Waals surface area contributed by atoms with Gasteiger partial charge in [0.2, 0.25) is 11.8 Å². The van der Waals surface area contributed by atoms with Gasteiger partial charge in [0.05, 0.1) is 36.9 Å². The standard InChI is InChI=1S/C28H35N5O4S/c1-4-19-17(13-31-28(35)23-15-38-16-32-23)8-7-9-21(19)33-27-18(10-26(29)34)14-30-22-12-25(37-6-3)24(36-5-2)11-20(22)27/h7-9,11-12,14,23,32H,4-6,10,13,15-16H2,1-3H3,(H2,29,34)(H,30,33)(H,31,35)/t23-/m1/s1. The number of fused-ring (bicyclic) bond motifs is 1. The molecular formula is C28H35N5O4S. The number of rotatable bonds is 12. The summed E-state index contributed by atoms with van der Waals surface area (Å²) in [6, 6.07) is 9.57. The SMILES string of the molecule is CCOc1cc2ncc(CC(N)=O)c(Nc3cccc(CNC(=O)[C@H]4CSCN4)c3CC)c2cc1OCC. The van der Waals surface area contributed by atoms with E-state index in [-0.39, 0.29) is 18.4 Å². The molecule has 0 spiro atoms. The van der Waals surface area contributed by atoms with E-state index in [4.69, 9.17) is 15.2 Å². The Hall–Kier alpha value is -3.50. The van der Waals surface area contributed by atoms with Gasteiger partial charge in [-0.1, -0.05) is 19.1 Å². The van der Waals surface area contributed by atoms with Gasteiger partial charge < -0.3 is 25.8 Å². The lowest BCUT2D eigenvalue weighted by Crippen LogP contribution is -2.41. The number of nitrogens with one attached hydrogen (secondary N) is 3. The van der Waals surface area contributed by atoms with Gasteiger partial charge in [0.25, 0.3) is 0 Å². The van der Waals surface area contributed by atoms with Gasteiger partial charge >= 0.3 is 0 Å². The molecule has 1 fully saturated rings. The molecule has 3 aromatic rings. The van der Waals surface area contributed by atoms with Crippen molar-refractivity contribution < 1.29 is 19.1 Å². The molecule has 1 aromatic heterocycles. The van der Waals surface area contributed by atoms with Crippen LogP contribution in [-0.2, 0) is 29.0 Å². The number of benzene rings is 2. The number of hydrogen-bond donors (Lipinski definition) is 4. The van der Waals surface area contributed by atoms with E-state index in [9.17, 15) is 9.59 Å². The van der Waals surface area contributed by atoms with E-state index in [0.29, 0.717) is 42.3 Å². The van der Waals surface area contributed by atoms with Crippen molar-refractivity contribution in [3.63, 3.8) is 0 Å². The molecule has 0 aliphatic carbocycles. The average Bonchev–Trinajstić information content (AvgIpc) is 3.44. The number of thioether (sulfide) groups is 1. The maximum Gasteiger partial charge on any atom is 0.238 e. The number of anilines is 2. The number of amides is 2. The third kappa shape index (κ3) is 6.31. The molecule has 10 heteroatoms. The first kappa shape index (κ1) is 27.5. The number of carbonyl (C=O) groups excluding carboxylic acids is 2. The minimum atomic E-state index is -0.448. The highest BCUT2D eigenvalue weighted by Gasteiger charge is 2.22. The predicted octanol–water partition coefficient (Wildman–Crippen LogP) is 3.64. The molecule has 1 saturated heterocycles. The lowest BCUT2D eigenvalue weighted by Gasteiger charge is -2.20. The summed E-state index contributed by atoms with van der Waals surface area (Å²) >= 11 is 1.72. The van der Waals surface area contributed by atoms with Crippen molar-refractivity contribution in [3.05, 3.63) is 53.2 Å². The number of nitrogens with zero attached hydrogens (tertiary/aromatic N) is 1. The average molecular weight is 538 g/mol. The number of ether oxygens (including phenoxy) is 2. The number of aromatic nitrogens is 1. The van der Waals surface area contributed by atoms with Crippen molar-refractivity contribution >= 4 is 45.9 Å². The van der Waals surface area contributed by atoms with Gasteiger partial charge in [-0.05, 0) is 43.5 Å². The van der Waals surface area contributed by atoms with Crippen molar-refractivity contribution in [1.29, 1.82) is 0 Å². The van der Waals surface area contributed by atoms with Gasteiger partial charge in [-0.2, -0.15) is 0 Å². The first-order valence-corrected chi connectivity index (χ1v) is 14.1. The molecule has 9 nitrogen and oxygen atoms in total. The molecule has 0 saturated carbocycles. The Morgan fingerprint density at radius 3 is 2.55 bits per heavy atom. The zero-order valence-corrected chi connectivity index (χ0v) is 22.9. The molecule has 0 unspecified atom stereocenters. The van der Waals surface area contributed by atoms with E-state index in [1.807, 2.05) is 44.2 Å². The van der Waals surface area contributed by atoms with Crippen LogP contribution in [0, 0.1) is 0 Å². The quantitative estimate of drug-likeness (QED) is 0.276. The molecular weight excluding hydrogens is 502 g/mol. The molecule has 2 aromatic carbocycles. The van der Waals surface area contributed by atoms with Crippen LogP contribution in [0.1, 0.15) is 37.5 Å². The smallest absolute Gasteiger partial charge is 0.238 e. The molecule has 1 atom stereocenters. The summed E-state index contributed by atoms with van der Waals surface area (Å²) in [5, 5.41) is 10.6. The maximum atomic E-state index is 12.6. The molecule has 0 bridgehead atoms. The molecule has 4 rings (SSSR count). The largest absolute Gasteiger partial charge is 0.490 e. The summed E-state index contributed by atoms with van der Waals surface area (Å²) in [5.74, 6) is 2.35. The van der Waals surface area contributed by atoms with E-state index in [1.165, 1.54) is 0 Å². The fourth-order valence-electron chi connectivity index (χ4n) is 4.59. The number of primary amides is 1. The van der Waals surface area contributed by atoms with Gasteiger partial charge in [0, 0.05) is 47.1 Å². The predicted molar refractivity (Wildman–Crippen MR) is 152 cm³/mol. The first-order chi connectivity index (χ1) is 18.4. The summed E-state index contributed by atoms with van der Waals surface area (Å²) in [7, 11) is 0. The monoisotopic (exact) mass is 537 g/mol. The Morgan fingerprint density at radius 1 is 1.13 bits per heavy atom. The van der Waals surface area contributed by atoms with Crippen LogP contribution < -0.4 is 31.2 Å². The highest BCUT2D eigenvalue weighted by atomic mass is 32.2.